The third-order valence-corrected chi connectivity index (χ3v) is 2.85. The van der Waals surface area contributed by atoms with Gasteiger partial charge in [-0.3, -0.25) is 4.90 Å². The maximum Gasteiger partial charge on any atom is 0.118 e. The molecule has 0 fully saturated rings. The second-order valence-corrected chi connectivity index (χ2v) is 4.71. The van der Waals surface area contributed by atoms with Crippen molar-refractivity contribution in [3.05, 3.63) is 23.7 Å². The van der Waals surface area contributed by atoms with E-state index in [0.29, 0.717) is 0 Å². The molecule has 0 saturated carbocycles. The van der Waals surface area contributed by atoms with E-state index in [-0.39, 0.29) is 0 Å². The van der Waals surface area contributed by atoms with Crippen molar-refractivity contribution >= 4 is 0 Å². The maximum absolute atomic E-state index is 5.55. The lowest BCUT2D eigenvalue weighted by atomic mass is 10.2. The molecule has 0 aliphatic heterocycles. The molecule has 1 aromatic heterocycles. The van der Waals surface area contributed by atoms with Crippen LogP contribution in [0.15, 0.2) is 16.5 Å². The van der Waals surface area contributed by atoms with Crippen molar-refractivity contribution in [1.82, 2.24) is 10.2 Å². The van der Waals surface area contributed by atoms with Gasteiger partial charge in [0.25, 0.3) is 0 Å². The minimum Gasteiger partial charge on any atom is -0.465 e. The first-order valence-corrected chi connectivity index (χ1v) is 6.67. The summed E-state index contributed by atoms with van der Waals surface area (Å²) in [5.41, 5.74) is 0. The molecular formula is C14H26N2O. The maximum atomic E-state index is 5.55. The molecular weight excluding hydrogens is 212 g/mol. The van der Waals surface area contributed by atoms with E-state index in [0.717, 1.165) is 37.7 Å². The monoisotopic (exact) mass is 238 g/mol. The summed E-state index contributed by atoms with van der Waals surface area (Å²) in [7, 11) is 2.13. The first-order valence-electron chi connectivity index (χ1n) is 6.67. The minimum absolute atomic E-state index is 0.893. The summed E-state index contributed by atoms with van der Waals surface area (Å²) in [6.07, 6.45) is 3.91. The molecule has 98 valence electrons. The smallest absolute Gasteiger partial charge is 0.118 e. The molecule has 1 N–H and O–H groups in total. The number of likely N-dealkylation sites (N-methyl/N-ethyl adjacent to an activating group) is 1. The molecule has 0 bridgehead atoms. The number of hydrogen-bond donors (Lipinski definition) is 1. The Hall–Kier alpha value is -0.800. The van der Waals surface area contributed by atoms with Gasteiger partial charge in [-0.2, -0.15) is 0 Å². The van der Waals surface area contributed by atoms with Gasteiger partial charge in [0.15, 0.2) is 0 Å². The van der Waals surface area contributed by atoms with Crippen molar-refractivity contribution in [3.63, 3.8) is 0 Å². The van der Waals surface area contributed by atoms with E-state index in [1.807, 2.05) is 13.0 Å². The van der Waals surface area contributed by atoms with Crippen LogP contribution < -0.4 is 5.32 Å². The largest absolute Gasteiger partial charge is 0.465 e. The molecule has 1 rings (SSSR count). The highest BCUT2D eigenvalue weighted by molar-refractivity contribution is 5.05. The highest BCUT2D eigenvalue weighted by Crippen LogP contribution is 2.07. The predicted octanol–water partition coefficient (Wildman–Crippen LogP) is 2.80. The molecule has 0 aliphatic carbocycles. The lowest BCUT2D eigenvalue weighted by Gasteiger charge is -2.15. The molecule has 0 aliphatic rings. The fraction of sp³-hybridized carbons (Fsp3) is 0.714. The number of unbranched alkanes of at least 4 members (excludes halogenated alkanes) is 2. The van der Waals surface area contributed by atoms with Crippen molar-refractivity contribution in [1.29, 1.82) is 0 Å². The number of furan rings is 1. The standard InChI is InChI=1S/C14H26N2O/c1-4-5-6-9-15-10-11-16(3)12-14-8-7-13(2)17-14/h7-8,15H,4-6,9-12H2,1-3H3. The Bertz CT molecular complexity index is 296. The SMILES string of the molecule is CCCCCNCCN(C)Cc1ccc(C)o1. The molecule has 0 spiro atoms. The number of nitrogens with zero attached hydrogens (tertiary/aromatic N) is 1. The summed E-state index contributed by atoms with van der Waals surface area (Å²) in [5, 5.41) is 3.47. The average molecular weight is 238 g/mol. The van der Waals surface area contributed by atoms with Crippen molar-refractivity contribution in [2.45, 2.75) is 39.7 Å². The zero-order valence-corrected chi connectivity index (χ0v) is 11.5. The Balaban J connectivity index is 2.03. The summed E-state index contributed by atoms with van der Waals surface area (Å²) in [6, 6.07) is 4.08. The molecule has 1 heterocycles. The summed E-state index contributed by atoms with van der Waals surface area (Å²) < 4.78 is 5.55. The van der Waals surface area contributed by atoms with Gasteiger partial charge < -0.3 is 9.73 Å². The highest BCUT2D eigenvalue weighted by Gasteiger charge is 2.03. The Kier molecular flexibility index (Phi) is 6.97. The van der Waals surface area contributed by atoms with Crippen molar-refractivity contribution in [2.75, 3.05) is 26.7 Å². The average Bonchev–Trinajstić information content (AvgIpc) is 2.69. The van der Waals surface area contributed by atoms with E-state index in [2.05, 4.69) is 30.3 Å². The third-order valence-electron chi connectivity index (χ3n) is 2.85. The topological polar surface area (TPSA) is 28.4 Å². The zero-order valence-electron chi connectivity index (χ0n) is 11.5. The van der Waals surface area contributed by atoms with Crippen molar-refractivity contribution in [2.24, 2.45) is 0 Å². The van der Waals surface area contributed by atoms with E-state index in [9.17, 15) is 0 Å². The van der Waals surface area contributed by atoms with Crippen LogP contribution in [0.1, 0.15) is 37.7 Å². The fourth-order valence-electron chi connectivity index (χ4n) is 1.81. The van der Waals surface area contributed by atoms with E-state index < -0.39 is 0 Å². The molecule has 0 saturated heterocycles. The van der Waals surface area contributed by atoms with Gasteiger partial charge in [0.05, 0.1) is 6.54 Å². The van der Waals surface area contributed by atoms with Gasteiger partial charge in [-0.25, -0.2) is 0 Å². The molecule has 3 heteroatoms. The third kappa shape index (κ3) is 6.49. The van der Waals surface area contributed by atoms with Crippen LogP contribution in [0, 0.1) is 6.92 Å². The van der Waals surface area contributed by atoms with Crippen molar-refractivity contribution in [3.8, 4) is 0 Å². The normalized spacial score (nSPS) is 11.3. The van der Waals surface area contributed by atoms with Crippen molar-refractivity contribution < 1.29 is 4.42 Å². The van der Waals surface area contributed by atoms with E-state index in [1.54, 1.807) is 0 Å². The molecule has 0 radical (unpaired) electrons. The second-order valence-electron chi connectivity index (χ2n) is 4.71. The second kappa shape index (κ2) is 8.31. The van der Waals surface area contributed by atoms with E-state index in [1.165, 1.54) is 19.3 Å². The van der Waals surface area contributed by atoms with Crippen LogP contribution in [0.5, 0.6) is 0 Å². The molecule has 0 atom stereocenters. The fourth-order valence-corrected chi connectivity index (χ4v) is 1.81. The van der Waals surface area contributed by atoms with Crippen LogP contribution in [0.4, 0.5) is 0 Å². The van der Waals surface area contributed by atoms with Gasteiger partial charge in [0.2, 0.25) is 0 Å². The van der Waals surface area contributed by atoms with Gasteiger partial charge in [-0.1, -0.05) is 19.8 Å². The first-order chi connectivity index (χ1) is 8.22. The van der Waals surface area contributed by atoms with Gasteiger partial charge in [0, 0.05) is 13.1 Å². The van der Waals surface area contributed by atoms with Crippen LogP contribution in [-0.4, -0.2) is 31.6 Å². The highest BCUT2D eigenvalue weighted by atomic mass is 16.3. The molecule has 0 unspecified atom stereocenters. The van der Waals surface area contributed by atoms with Gasteiger partial charge in [0.1, 0.15) is 11.5 Å². The Labute approximate surface area is 105 Å². The zero-order chi connectivity index (χ0) is 12.5. The van der Waals surface area contributed by atoms with Crippen LogP contribution in [0.25, 0.3) is 0 Å². The number of aryl methyl sites for hydroxylation is 1. The van der Waals surface area contributed by atoms with Gasteiger partial charge in [-0.15, -0.1) is 0 Å². The summed E-state index contributed by atoms with van der Waals surface area (Å²) in [6.45, 7) is 8.37. The Morgan fingerprint density at radius 3 is 2.71 bits per heavy atom. The van der Waals surface area contributed by atoms with Crippen LogP contribution in [0.2, 0.25) is 0 Å². The molecule has 1 aromatic rings. The van der Waals surface area contributed by atoms with Crippen LogP contribution in [0.3, 0.4) is 0 Å². The van der Waals surface area contributed by atoms with E-state index in [4.69, 9.17) is 4.42 Å². The summed E-state index contributed by atoms with van der Waals surface area (Å²) >= 11 is 0. The molecule has 17 heavy (non-hydrogen) atoms. The molecule has 0 aromatic carbocycles. The number of hydrogen-bond acceptors (Lipinski definition) is 3. The van der Waals surface area contributed by atoms with Gasteiger partial charge in [-0.05, 0) is 39.1 Å². The van der Waals surface area contributed by atoms with E-state index >= 15 is 0 Å². The van der Waals surface area contributed by atoms with Gasteiger partial charge >= 0.3 is 0 Å². The molecule has 3 nitrogen and oxygen atoms in total. The Morgan fingerprint density at radius 2 is 2.06 bits per heavy atom. The number of rotatable bonds is 9. The van der Waals surface area contributed by atoms with Crippen LogP contribution in [-0.2, 0) is 6.54 Å². The molecule has 0 amide bonds. The lowest BCUT2D eigenvalue weighted by Crippen LogP contribution is -2.29. The summed E-state index contributed by atoms with van der Waals surface area (Å²) in [4.78, 5) is 2.28. The predicted molar refractivity (Wildman–Crippen MR) is 72.2 cm³/mol. The quantitative estimate of drug-likeness (QED) is 0.671. The minimum atomic E-state index is 0.893. The Morgan fingerprint density at radius 1 is 1.24 bits per heavy atom. The van der Waals surface area contributed by atoms with Crippen LogP contribution >= 0.6 is 0 Å². The lowest BCUT2D eigenvalue weighted by molar-refractivity contribution is 0.291. The summed E-state index contributed by atoms with van der Waals surface area (Å²) in [5.74, 6) is 2.04. The number of nitrogens with one attached hydrogen (secondary N) is 1. The first kappa shape index (κ1) is 14.3.